The van der Waals surface area contributed by atoms with Crippen molar-refractivity contribution in [2.75, 3.05) is 6.54 Å². The van der Waals surface area contributed by atoms with Crippen LogP contribution < -0.4 is 5.32 Å². The van der Waals surface area contributed by atoms with Crippen molar-refractivity contribution in [3.63, 3.8) is 0 Å². The molecule has 2 aromatic heterocycles. The number of esters is 1. The quantitative estimate of drug-likeness (QED) is 0.423. The number of amides is 1. The summed E-state index contributed by atoms with van der Waals surface area (Å²) < 4.78 is 7.17. The molecule has 0 aliphatic carbocycles. The van der Waals surface area contributed by atoms with E-state index in [1.54, 1.807) is 27.7 Å². The number of para-hydroxylation sites is 1. The van der Waals surface area contributed by atoms with E-state index in [2.05, 4.69) is 15.4 Å². The summed E-state index contributed by atoms with van der Waals surface area (Å²) in [5.74, 6) is -0.632. The third-order valence-corrected chi connectivity index (χ3v) is 5.14. The molecule has 0 saturated carbocycles. The van der Waals surface area contributed by atoms with Crippen molar-refractivity contribution < 1.29 is 14.3 Å². The number of benzene rings is 1. The number of carbonyl (C=O) groups is 2. The average molecular weight is 423 g/mol. The smallest absolute Gasteiger partial charge is 0.340 e. The summed E-state index contributed by atoms with van der Waals surface area (Å²) in [6.07, 6.45) is 3.42. The molecular formula is C24H30N4O3. The van der Waals surface area contributed by atoms with Gasteiger partial charge in [-0.2, -0.15) is 5.10 Å². The summed E-state index contributed by atoms with van der Waals surface area (Å²) >= 11 is 0. The van der Waals surface area contributed by atoms with Crippen LogP contribution in [0.4, 0.5) is 0 Å². The molecule has 0 unspecified atom stereocenters. The maximum absolute atomic E-state index is 12.6. The SMILES string of the molecule is Cc1nn(-c2ccccc2)cc1CCCNC(=O)c1[nH]c(C)c(C(=O)OC(C)C)c1C. The Labute approximate surface area is 182 Å². The highest BCUT2D eigenvalue weighted by Gasteiger charge is 2.23. The van der Waals surface area contributed by atoms with Gasteiger partial charge in [-0.05, 0) is 70.7 Å². The summed E-state index contributed by atoms with van der Waals surface area (Å²) in [7, 11) is 0. The molecule has 3 rings (SSSR count). The molecule has 0 aliphatic heterocycles. The fourth-order valence-electron chi connectivity index (χ4n) is 3.58. The lowest BCUT2D eigenvalue weighted by molar-refractivity contribution is 0.0376. The number of H-pyrrole nitrogens is 1. The number of aryl methyl sites for hydroxylation is 3. The van der Waals surface area contributed by atoms with Crippen molar-refractivity contribution in [3.8, 4) is 5.69 Å². The Kier molecular flexibility index (Phi) is 6.95. The maximum atomic E-state index is 12.6. The van der Waals surface area contributed by atoms with E-state index in [0.717, 1.165) is 29.8 Å². The van der Waals surface area contributed by atoms with E-state index in [4.69, 9.17) is 4.74 Å². The van der Waals surface area contributed by atoms with E-state index in [9.17, 15) is 9.59 Å². The Hall–Kier alpha value is -3.35. The van der Waals surface area contributed by atoms with Crippen LogP contribution in [0, 0.1) is 20.8 Å². The highest BCUT2D eigenvalue weighted by atomic mass is 16.5. The van der Waals surface area contributed by atoms with Gasteiger partial charge in [0.15, 0.2) is 0 Å². The highest BCUT2D eigenvalue weighted by molar-refractivity contribution is 6.00. The molecule has 0 spiro atoms. The van der Waals surface area contributed by atoms with E-state index >= 15 is 0 Å². The van der Waals surface area contributed by atoms with Gasteiger partial charge in [-0.25, -0.2) is 9.48 Å². The van der Waals surface area contributed by atoms with Crippen LogP contribution in [0.25, 0.3) is 5.69 Å². The Morgan fingerprint density at radius 1 is 1.16 bits per heavy atom. The fraction of sp³-hybridized carbons (Fsp3) is 0.375. The van der Waals surface area contributed by atoms with Crippen molar-refractivity contribution in [2.45, 2.75) is 53.6 Å². The number of nitrogens with zero attached hydrogens (tertiary/aromatic N) is 2. The minimum absolute atomic E-state index is 0.215. The largest absolute Gasteiger partial charge is 0.459 e. The van der Waals surface area contributed by atoms with Crippen molar-refractivity contribution in [3.05, 3.63) is 70.3 Å². The Morgan fingerprint density at radius 2 is 1.87 bits per heavy atom. The lowest BCUT2D eigenvalue weighted by atomic mass is 10.1. The Morgan fingerprint density at radius 3 is 2.55 bits per heavy atom. The van der Waals surface area contributed by atoms with Gasteiger partial charge in [-0.1, -0.05) is 18.2 Å². The van der Waals surface area contributed by atoms with Gasteiger partial charge in [0.25, 0.3) is 5.91 Å². The molecule has 2 heterocycles. The minimum Gasteiger partial charge on any atom is -0.459 e. The second-order valence-corrected chi connectivity index (χ2v) is 7.96. The maximum Gasteiger partial charge on any atom is 0.340 e. The van der Waals surface area contributed by atoms with Gasteiger partial charge in [-0.3, -0.25) is 4.79 Å². The number of rotatable bonds is 8. The second kappa shape index (κ2) is 9.64. The van der Waals surface area contributed by atoms with Crippen LogP contribution in [-0.2, 0) is 11.2 Å². The van der Waals surface area contributed by atoms with Crippen molar-refractivity contribution in [1.29, 1.82) is 0 Å². The molecule has 1 aromatic carbocycles. The number of nitrogens with one attached hydrogen (secondary N) is 2. The zero-order chi connectivity index (χ0) is 22.5. The first-order chi connectivity index (χ1) is 14.8. The predicted molar refractivity (Wildman–Crippen MR) is 120 cm³/mol. The molecule has 2 N–H and O–H groups in total. The summed E-state index contributed by atoms with van der Waals surface area (Å²) in [5.41, 5.74) is 5.25. The lowest BCUT2D eigenvalue weighted by Gasteiger charge is -2.08. The number of aromatic nitrogens is 3. The molecule has 0 aliphatic rings. The molecular weight excluding hydrogens is 392 g/mol. The van der Waals surface area contributed by atoms with Crippen LogP contribution in [0.15, 0.2) is 36.5 Å². The predicted octanol–water partition coefficient (Wildman–Crippen LogP) is 4.05. The minimum atomic E-state index is -0.411. The van der Waals surface area contributed by atoms with Gasteiger partial charge in [0.1, 0.15) is 5.69 Å². The summed E-state index contributed by atoms with van der Waals surface area (Å²) in [4.78, 5) is 28.0. The number of aromatic amines is 1. The van der Waals surface area contributed by atoms with Crippen molar-refractivity contribution >= 4 is 11.9 Å². The van der Waals surface area contributed by atoms with Gasteiger partial charge in [-0.15, -0.1) is 0 Å². The van der Waals surface area contributed by atoms with Gasteiger partial charge >= 0.3 is 5.97 Å². The van der Waals surface area contributed by atoms with Gasteiger partial charge in [0.05, 0.1) is 23.0 Å². The van der Waals surface area contributed by atoms with E-state index in [0.29, 0.717) is 29.1 Å². The number of carbonyl (C=O) groups excluding carboxylic acids is 2. The molecule has 164 valence electrons. The third-order valence-electron chi connectivity index (χ3n) is 5.14. The van der Waals surface area contributed by atoms with Gasteiger partial charge in [0, 0.05) is 18.4 Å². The highest BCUT2D eigenvalue weighted by Crippen LogP contribution is 2.20. The van der Waals surface area contributed by atoms with Crippen LogP contribution in [0.1, 0.15) is 63.6 Å². The topological polar surface area (TPSA) is 89.0 Å². The molecule has 7 heteroatoms. The third kappa shape index (κ3) is 5.23. The van der Waals surface area contributed by atoms with E-state index < -0.39 is 5.97 Å². The Balaban J connectivity index is 1.57. The zero-order valence-electron chi connectivity index (χ0n) is 18.8. The van der Waals surface area contributed by atoms with Crippen molar-refractivity contribution in [1.82, 2.24) is 20.1 Å². The number of hydrogen-bond donors (Lipinski definition) is 2. The molecule has 3 aromatic rings. The lowest BCUT2D eigenvalue weighted by Crippen LogP contribution is -2.26. The van der Waals surface area contributed by atoms with E-state index in [-0.39, 0.29) is 12.0 Å². The molecule has 0 bridgehead atoms. The zero-order valence-corrected chi connectivity index (χ0v) is 18.8. The van der Waals surface area contributed by atoms with Crippen LogP contribution in [0.2, 0.25) is 0 Å². The van der Waals surface area contributed by atoms with Crippen LogP contribution in [0.3, 0.4) is 0 Å². The van der Waals surface area contributed by atoms with Crippen LogP contribution in [-0.4, -0.2) is 39.3 Å². The normalized spacial score (nSPS) is 11.0. The molecule has 7 nitrogen and oxygen atoms in total. The Bertz CT molecular complexity index is 1060. The molecule has 0 radical (unpaired) electrons. The monoisotopic (exact) mass is 422 g/mol. The second-order valence-electron chi connectivity index (χ2n) is 7.96. The first-order valence-electron chi connectivity index (χ1n) is 10.6. The summed E-state index contributed by atoms with van der Waals surface area (Å²) in [6.45, 7) is 9.65. The van der Waals surface area contributed by atoms with Gasteiger partial charge in [0.2, 0.25) is 0 Å². The molecule has 0 fully saturated rings. The molecule has 31 heavy (non-hydrogen) atoms. The first-order valence-corrected chi connectivity index (χ1v) is 10.6. The fourth-order valence-corrected chi connectivity index (χ4v) is 3.58. The molecule has 0 atom stereocenters. The van der Waals surface area contributed by atoms with Crippen LogP contribution >= 0.6 is 0 Å². The van der Waals surface area contributed by atoms with Crippen LogP contribution in [0.5, 0.6) is 0 Å². The molecule has 0 saturated heterocycles. The number of hydrogen-bond acceptors (Lipinski definition) is 4. The standard InChI is InChI=1S/C24H30N4O3/c1-15(2)31-24(30)21-16(3)22(26-18(21)5)23(29)25-13-9-10-19-14-28(27-17(19)4)20-11-7-6-8-12-20/h6-8,11-12,14-15,26H,9-10,13H2,1-5H3,(H,25,29). The van der Waals surface area contributed by atoms with Crippen molar-refractivity contribution in [2.24, 2.45) is 0 Å². The van der Waals surface area contributed by atoms with E-state index in [1.165, 1.54) is 0 Å². The van der Waals surface area contributed by atoms with Gasteiger partial charge < -0.3 is 15.0 Å². The summed E-state index contributed by atoms with van der Waals surface area (Å²) in [6, 6.07) is 9.98. The molecule has 1 amide bonds. The number of ether oxygens (including phenoxy) is 1. The summed E-state index contributed by atoms with van der Waals surface area (Å²) in [5, 5.41) is 7.52. The average Bonchev–Trinajstić information content (AvgIpc) is 3.24. The van der Waals surface area contributed by atoms with E-state index in [1.807, 2.05) is 48.1 Å². The first kappa shape index (κ1) is 22.3.